The van der Waals surface area contributed by atoms with E-state index in [1.165, 1.54) is 0 Å². The molecule has 0 bridgehead atoms. The highest BCUT2D eigenvalue weighted by molar-refractivity contribution is 6.31. The number of nitrogens with two attached hydrogens (primary N) is 1. The van der Waals surface area contributed by atoms with Gasteiger partial charge in [-0.1, -0.05) is 11.6 Å². The molecule has 0 unspecified atom stereocenters. The summed E-state index contributed by atoms with van der Waals surface area (Å²) in [7, 11) is 1.64. The summed E-state index contributed by atoms with van der Waals surface area (Å²) >= 11 is 5.68. The van der Waals surface area contributed by atoms with Crippen molar-refractivity contribution in [3.8, 4) is 0 Å². The highest BCUT2D eigenvalue weighted by atomic mass is 35.5. The molecule has 0 radical (unpaired) electrons. The Balaban J connectivity index is 2.74. The third-order valence-corrected chi connectivity index (χ3v) is 1.87. The van der Waals surface area contributed by atoms with Gasteiger partial charge in [-0.2, -0.15) is 5.10 Å². The van der Waals surface area contributed by atoms with Crippen LogP contribution in [0.1, 0.15) is 13.0 Å². The van der Waals surface area contributed by atoms with E-state index in [-0.39, 0.29) is 6.04 Å². The molecule has 0 aliphatic rings. The highest BCUT2D eigenvalue weighted by Gasteiger charge is 2.08. The molecule has 1 rings (SSSR count). The molecule has 0 amide bonds. The molecule has 1 atom stereocenters. The van der Waals surface area contributed by atoms with Gasteiger partial charge >= 0.3 is 0 Å². The topological polar surface area (TPSA) is 53.1 Å². The van der Waals surface area contributed by atoms with Gasteiger partial charge in [0, 0.05) is 13.3 Å². The van der Waals surface area contributed by atoms with Crippen LogP contribution in [0.3, 0.4) is 0 Å². The molecule has 0 saturated heterocycles. The molecule has 0 fully saturated rings. The Labute approximate surface area is 76.3 Å². The van der Waals surface area contributed by atoms with Gasteiger partial charge in [0.2, 0.25) is 0 Å². The second kappa shape index (κ2) is 3.78. The SMILES string of the molecule is COC[C@H](C)n1cc(N)c(Cl)n1. The van der Waals surface area contributed by atoms with Gasteiger partial charge in [0.1, 0.15) is 0 Å². The third kappa shape index (κ3) is 1.89. The minimum Gasteiger partial charge on any atom is -0.395 e. The van der Waals surface area contributed by atoms with E-state index >= 15 is 0 Å². The lowest BCUT2D eigenvalue weighted by Crippen LogP contribution is -2.11. The van der Waals surface area contributed by atoms with E-state index in [0.29, 0.717) is 17.4 Å². The average Bonchev–Trinajstić information content (AvgIpc) is 2.33. The van der Waals surface area contributed by atoms with E-state index < -0.39 is 0 Å². The lowest BCUT2D eigenvalue weighted by molar-refractivity contribution is 0.157. The number of methoxy groups -OCH3 is 1. The summed E-state index contributed by atoms with van der Waals surface area (Å²) in [5, 5.41) is 4.35. The number of ether oxygens (including phenoxy) is 1. The molecule has 0 saturated carbocycles. The normalized spacial score (nSPS) is 13.2. The van der Waals surface area contributed by atoms with Crippen molar-refractivity contribution in [2.24, 2.45) is 0 Å². The Morgan fingerprint density at radius 1 is 1.83 bits per heavy atom. The van der Waals surface area contributed by atoms with Gasteiger partial charge in [-0.05, 0) is 6.92 Å². The molecule has 0 aromatic carbocycles. The summed E-state index contributed by atoms with van der Waals surface area (Å²) in [5.74, 6) is 0. The van der Waals surface area contributed by atoms with E-state index in [9.17, 15) is 0 Å². The van der Waals surface area contributed by atoms with Crippen LogP contribution in [0.4, 0.5) is 5.69 Å². The van der Waals surface area contributed by atoms with Crippen molar-refractivity contribution in [3.63, 3.8) is 0 Å². The molecule has 12 heavy (non-hydrogen) atoms. The monoisotopic (exact) mass is 189 g/mol. The second-order valence-corrected chi connectivity index (χ2v) is 3.02. The quantitative estimate of drug-likeness (QED) is 0.781. The van der Waals surface area contributed by atoms with Crippen LogP contribution >= 0.6 is 11.6 Å². The van der Waals surface area contributed by atoms with Crippen LogP contribution in [-0.2, 0) is 4.74 Å². The fourth-order valence-corrected chi connectivity index (χ4v) is 1.06. The fraction of sp³-hybridized carbons (Fsp3) is 0.571. The standard InChI is InChI=1S/C7H12ClN3O/c1-5(4-12-2)11-3-6(9)7(8)10-11/h3,5H,4,9H2,1-2H3/t5-/m0/s1. The van der Waals surface area contributed by atoms with Crippen LogP contribution in [0.2, 0.25) is 5.15 Å². The number of halogens is 1. The molecule has 5 heteroatoms. The maximum Gasteiger partial charge on any atom is 0.173 e. The zero-order chi connectivity index (χ0) is 9.14. The molecule has 1 heterocycles. The molecule has 2 N–H and O–H groups in total. The van der Waals surface area contributed by atoms with Crippen molar-refractivity contribution >= 4 is 17.3 Å². The van der Waals surface area contributed by atoms with E-state index in [4.69, 9.17) is 22.1 Å². The molecule has 1 aromatic rings. The van der Waals surface area contributed by atoms with Gasteiger partial charge in [-0.15, -0.1) is 0 Å². The van der Waals surface area contributed by atoms with Crippen LogP contribution < -0.4 is 5.73 Å². The minimum absolute atomic E-state index is 0.157. The van der Waals surface area contributed by atoms with Crippen LogP contribution in [-0.4, -0.2) is 23.5 Å². The fourth-order valence-electron chi connectivity index (χ4n) is 0.927. The Morgan fingerprint density at radius 2 is 2.50 bits per heavy atom. The molecule has 1 aromatic heterocycles. The van der Waals surface area contributed by atoms with Gasteiger partial charge in [-0.25, -0.2) is 0 Å². The number of aromatic nitrogens is 2. The van der Waals surface area contributed by atoms with Crippen molar-refractivity contribution in [3.05, 3.63) is 11.3 Å². The van der Waals surface area contributed by atoms with Crippen molar-refractivity contribution < 1.29 is 4.74 Å². The summed E-state index contributed by atoms with van der Waals surface area (Å²) < 4.78 is 6.66. The van der Waals surface area contributed by atoms with E-state index in [1.807, 2.05) is 6.92 Å². The Morgan fingerprint density at radius 3 is 2.92 bits per heavy atom. The van der Waals surface area contributed by atoms with Crippen LogP contribution in [0.5, 0.6) is 0 Å². The Bertz CT molecular complexity index is 242. The average molecular weight is 190 g/mol. The van der Waals surface area contributed by atoms with Gasteiger partial charge in [0.05, 0.1) is 18.3 Å². The predicted octanol–water partition coefficient (Wildman–Crippen LogP) is 1.33. The minimum atomic E-state index is 0.157. The number of nitrogen functional groups attached to an aromatic ring is 1. The van der Waals surface area contributed by atoms with Crippen LogP contribution in [0, 0.1) is 0 Å². The van der Waals surface area contributed by atoms with Gasteiger partial charge < -0.3 is 10.5 Å². The van der Waals surface area contributed by atoms with E-state index in [2.05, 4.69) is 5.10 Å². The first-order valence-corrected chi connectivity index (χ1v) is 4.02. The first kappa shape index (κ1) is 9.35. The van der Waals surface area contributed by atoms with Crippen LogP contribution in [0.15, 0.2) is 6.20 Å². The van der Waals surface area contributed by atoms with Gasteiger partial charge in [0.15, 0.2) is 5.15 Å². The predicted molar refractivity (Wildman–Crippen MR) is 48.2 cm³/mol. The molecular weight excluding hydrogens is 178 g/mol. The van der Waals surface area contributed by atoms with Gasteiger partial charge in [0.25, 0.3) is 0 Å². The Hall–Kier alpha value is -0.740. The summed E-state index contributed by atoms with van der Waals surface area (Å²) in [6, 6.07) is 0.157. The van der Waals surface area contributed by atoms with Crippen molar-refractivity contribution in [1.82, 2.24) is 9.78 Å². The van der Waals surface area contributed by atoms with Crippen molar-refractivity contribution in [1.29, 1.82) is 0 Å². The summed E-state index contributed by atoms with van der Waals surface area (Å²) in [5.41, 5.74) is 6.02. The molecule has 0 aliphatic carbocycles. The maximum atomic E-state index is 5.68. The van der Waals surface area contributed by atoms with Gasteiger partial charge in [-0.3, -0.25) is 4.68 Å². The molecule has 4 nitrogen and oxygen atoms in total. The van der Waals surface area contributed by atoms with Crippen LogP contribution in [0.25, 0.3) is 0 Å². The Kier molecular flexibility index (Phi) is 2.94. The molecule has 68 valence electrons. The lowest BCUT2D eigenvalue weighted by atomic mass is 10.4. The lowest BCUT2D eigenvalue weighted by Gasteiger charge is -2.09. The van der Waals surface area contributed by atoms with Crippen molar-refractivity contribution in [2.45, 2.75) is 13.0 Å². The molecule has 0 aliphatic heterocycles. The number of anilines is 1. The van der Waals surface area contributed by atoms with E-state index in [1.54, 1.807) is 18.0 Å². The smallest absolute Gasteiger partial charge is 0.173 e. The number of rotatable bonds is 3. The van der Waals surface area contributed by atoms with E-state index in [0.717, 1.165) is 0 Å². The van der Waals surface area contributed by atoms with Crippen molar-refractivity contribution in [2.75, 3.05) is 19.5 Å². The summed E-state index contributed by atoms with van der Waals surface area (Å²) in [6.45, 7) is 2.57. The first-order chi connectivity index (χ1) is 5.65. The maximum absolute atomic E-state index is 5.68. The second-order valence-electron chi connectivity index (χ2n) is 2.66. The zero-order valence-corrected chi connectivity index (χ0v) is 7.88. The number of nitrogens with zero attached hydrogens (tertiary/aromatic N) is 2. The largest absolute Gasteiger partial charge is 0.395 e. The zero-order valence-electron chi connectivity index (χ0n) is 7.12. The number of hydrogen-bond acceptors (Lipinski definition) is 3. The third-order valence-electron chi connectivity index (χ3n) is 1.57. The summed E-state index contributed by atoms with van der Waals surface area (Å²) in [6.07, 6.45) is 1.70. The summed E-state index contributed by atoms with van der Waals surface area (Å²) in [4.78, 5) is 0. The number of hydrogen-bond donors (Lipinski definition) is 1. The highest BCUT2D eigenvalue weighted by Crippen LogP contribution is 2.17. The molecular formula is C7H12ClN3O. The first-order valence-electron chi connectivity index (χ1n) is 3.64. The molecule has 0 spiro atoms.